The summed E-state index contributed by atoms with van der Waals surface area (Å²) in [6.07, 6.45) is 0.912. The minimum absolute atomic E-state index is 0.181. The largest absolute Gasteiger partial charge is 0.379 e. The van der Waals surface area contributed by atoms with Crippen molar-refractivity contribution in [1.82, 2.24) is 14.8 Å². The van der Waals surface area contributed by atoms with E-state index in [1.807, 2.05) is 18.9 Å². The van der Waals surface area contributed by atoms with Crippen LogP contribution in [0.5, 0.6) is 0 Å². The zero-order valence-corrected chi connectivity index (χ0v) is 17.5. The standard InChI is InChI=1S/C21H28N4O2S/c1-16-22-19(15-28-16)17-3-4-20-18(13-17)5-6-25(20)21(26)14-23(2)7-8-24-9-11-27-12-10-24/h3-4,13,15H,5-12,14H2,1-2H3. The Labute approximate surface area is 170 Å². The number of ether oxygens (including phenoxy) is 1. The number of aromatic nitrogens is 1. The molecule has 150 valence electrons. The molecule has 0 aliphatic carbocycles. The van der Waals surface area contributed by atoms with Gasteiger partial charge in [-0.15, -0.1) is 11.3 Å². The van der Waals surface area contributed by atoms with Gasteiger partial charge in [0.15, 0.2) is 0 Å². The lowest BCUT2D eigenvalue weighted by Crippen LogP contribution is -2.43. The van der Waals surface area contributed by atoms with Gasteiger partial charge in [-0.3, -0.25) is 14.6 Å². The molecule has 0 N–H and O–H groups in total. The van der Waals surface area contributed by atoms with Crippen LogP contribution >= 0.6 is 11.3 Å². The third kappa shape index (κ3) is 4.43. The van der Waals surface area contributed by atoms with Crippen LogP contribution in [0.15, 0.2) is 23.6 Å². The molecule has 0 saturated carbocycles. The molecule has 1 fully saturated rings. The number of carbonyl (C=O) groups is 1. The van der Waals surface area contributed by atoms with Crippen LogP contribution in [-0.2, 0) is 16.0 Å². The SMILES string of the molecule is Cc1nc(-c2ccc3c(c2)CCN3C(=O)CN(C)CCN2CCOCC2)cs1. The minimum Gasteiger partial charge on any atom is -0.379 e. The Kier molecular flexibility index (Phi) is 6.06. The Morgan fingerprint density at radius 3 is 2.86 bits per heavy atom. The van der Waals surface area contributed by atoms with E-state index in [4.69, 9.17) is 4.74 Å². The summed E-state index contributed by atoms with van der Waals surface area (Å²) in [6, 6.07) is 6.36. The van der Waals surface area contributed by atoms with Crippen LogP contribution in [0.4, 0.5) is 5.69 Å². The van der Waals surface area contributed by atoms with E-state index >= 15 is 0 Å². The topological polar surface area (TPSA) is 48.9 Å². The van der Waals surface area contributed by atoms with Gasteiger partial charge in [-0.1, -0.05) is 6.07 Å². The quantitative estimate of drug-likeness (QED) is 0.745. The number of carbonyl (C=O) groups excluding carboxylic acids is 1. The first-order valence-electron chi connectivity index (χ1n) is 9.94. The molecule has 1 amide bonds. The van der Waals surface area contributed by atoms with Crippen LogP contribution in [0.3, 0.4) is 0 Å². The fourth-order valence-electron chi connectivity index (χ4n) is 3.85. The van der Waals surface area contributed by atoms with E-state index in [9.17, 15) is 4.79 Å². The average Bonchev–Trinajstić information content (AvgIpc) is 3.33. The third-order valence-electron chi connectivity index (χ3n) is 5.50. The number of anilines is 1. The first-order valence-corrected chi connectivity index (χ1v) is 10.8. The summed E-state index contributed by atoms with van der Waals surface area (Å²) in [4.78, 5) is 23.9. The predicted molar refractivity (Wildman–Crippen MR) is 113 cm³/mol. The summed E-state index contributed by atoms with van der Waals surface area (Å²) in [5, 5.41) is 3.17. The van der Waals surface area contributed by atoms with Crippen molar-refractivity contribution in [2.75, 3.05) is 64.4 Å². The van der Waals surface area contributed by atoms with Crippen LogP contribution in [0.1, 0.15) is 10.6 Å². The number of benzene rings is 1. The fraction of sp³-hybridized carbons (Fsp3) is 0.524. The predicted octanol–water partition coefficient (Wildman–Crippen LogP) is 2.27. The van der Waals surface area contributed by atoms with Crippen molar-refractivity contribution >= 4 is 22.9 Å². The number of nitrogens with zero attached hydrogens (tertiary/aromatic N) is 4. The fourth-order valence-corrected chi connectivity index (χ4v) is 4.47. The second-order valence-electron chi connectivity index (χ2n) is 7.58. The Morgan fingerprint density at radius 2 is 2.11 bits per heavy atom. The van der Waals surface area contributed by atoms with E-state index in [1.54, 1.807) is 11.3 Å². The number of fused-ring (bicyclic) bond motifs is 1. The number of rotatable bonds is 6. The summed E-state index contributed by atoms with van der Waals surface area (Å²) in [5.41, 5.74) is 4.47. The van der Waals surface area contributed by atoms with E-state index in [0.717, 1.165) is 74.3 Å². The number of likely N-dealkylation sites (N-methyl/N-ethyl adjacent to an activating group) is 1. The molecular weight excluding hydrogens is 372 g/mol. The average molecular weight is 401 g/mol. The molecule has 28 heavy (non-hydrogen) atoms. The van der Waals surface area contributed by atoms with Crippen LogP contribution in [-0.4, -0.2) is 80.2 Å². The van der Waals surface area contributed by atoms with Crippen molar-refractivity contribution in [2.24, 2.45) is 0 Å². The summed E-state index contributed by atoms with van der Waals surface area (Å²) in [6.45, 7) is 8.74. The lowest BCUT2D eigenvalue weighted by Gasteiger charge is -2.29. The number of aryl methyl sites for hydroxylation is 1. The van der Waals surface area contributed by atoms with Crippen molar-refractivity contribution in [1.29, 1.82) is 0 Å². The van der Waals surface area contributed by atoms with Crippen LogP contribution < -0.4 is 4.90 Å². The number of amides is 1. The summed E-state index contributed by atoms with van der Waals surface area (Å²) >= 11 is 1.67. The Balaban J connectivity index is 1.34. The highest BCUT2D eigenvalue weighted by molar-refractivity contribution is 7.09. The van der Waals surface area contributed by atoms with Crippen molar-refractivity contribution in [3.05, 3.63) is 34.2 Å². The highest BCUT2D eigenvalue weighted by atomic mass is 32.1. The maximum Gasteiger partial charge on any atom is 0.241 e. The van der Waals surface area contributed by atoms with Crippen LogP contribution in [0.25, 0.3) is 11.3 Å². The maximum absolute atomic E-state index is 12.9. The lowest BCUT2D eigenvalue weighted by atomic mass is 10.1. The van der Waals surface area contributed by atoms with E-state index < -0.39 is 0 Å². The lowest BCUT2D eigenvalue weighted by molar-refractivity contribution is -0.119. The molecule has 2 aliphatic heterocycles. The van der Waals surface area contributed by atoms with E-state index in [0.29, 0.717) is 6.54 Å². The van der Waals surface area contributed by atoms with Gasteiger partial charge in [0.2, 0.25) is 5.91 Å². The smallest absolute Gasteiger partial charge is 0.241 e. The third-order valence-corrected chi connectivity index (χ3v) is 6.27. The maximum atomic E-state index is 12.9. The van der Waals surface area contributed by atoms with Crippen molar-refractivity contribution < 1.29 is 9.53 Å². The Bertz CT molecular complexity index is 832. The molecule has 1 aromatic carbocycles. The molecule has 3 heterocycles. The number of hydrogen-bond acceptors (Lipinski definition) is 6. The summed E-state index contributed by atoms with van der Waals surface area (Å²) < 4.78 is 5.39. The molecule has 0 bridgehead atoms. The molecule has 0 unspecified atom stereocenters. The van der Waals surface area contributed by atoms with Gasteiger partial charge in [0.05, 0.1) is 30.5 Å². The summed E-state index contributed by atoms with van der Waals surface area (Å²) in [5.74, 6) is 0.181. The zero-order valence-electron chi connectivity index (χ0n) is 16.7. The normalized spacial score (nSPS) is 17.3. The van der Waals surface area contributed by atoms with Crippen molar-refractivity contribution in [2.45, 2.75) is 13.3 Å². The van der Waals surface area contributed by atoms with Gasteiger partial charge < -0.3 is 9.64 Å². The molecule has 7 heteroatoms. The number of thiazole rings is 1. The molecule has 1 saturated heterocycles. The van der Waals surface area contributed by atoms with E-state index in [-0.39, 0.29) is 5.91 Å². The molecule has 0 spiro atoms. The van der Waals surface area contributed by atoms with Crippen molar-refractivity contribution in [3.8, 4) is 11.3 Å². The van der Waals surface area contributed by atoms with Gasteiger partial charge in [-0.2, -0.15) is 0 Å². The molecule has 4 rings (SSSR count). The molecule has 0 atom stereocenters. The first kappa shape index (κ1) is 19.5. The van der Waals surface area contributed by atoms with Gasteiger partial charge >= 0.3 is 0 Å². The molecule has 2 aromatic rings. The Morgan fingerprint density at radius 1 is 1.29 bits per heavy atom. The number of morpholine rings is 1. The molecule has 1 aromatic heterocycles. The highest BCUT2D eigenvalue weighted by Gasteiger charge is 2.26. The van der Waals surface area contributed by atoms with Crippen LogP contribution in [0, 0.1) is 6.92 Å². The van der Waals surface area contributed by atoms with E-state index in [1.165, 1.54) is 5.56 Å². The van der Waals surface area contributed by atoms with Crippen LogP contribution in [0.2, 0.25) is 0 Å². The van der Waals surface area contributed by atoms with Gasteiger partial charge in [0.25, 0.3) is 0 Å². The van der Waals surface area contributed by atoms with Gasteiger partial charge in [-0.05, 0) is 38.1 Å². The molecule has 6 nitrogen and oxygen atoms in total. The van der Waals surface area contributed by atoms with Crippen molar-refractivity contribution in [3.63, 3.8) is 0 Å². The first-order chi connectivity index (χ1) is 13.6. The van der Waals surface area contributed by atoms with E-state index in [2.05, 4.69) is 38.4 Å². The number of hydrogen-bond donors (Lipinski definition) is 0. The molecule has 2 aliphatic rings. The zero-order chi connectivity index (χ0) is 19.5. The second-order valence-corrected chi connectivity index (χ2v) is 8.64. The molecular formula is C21H28N4O2S. The minimum atomic E-state index is 0.181. The highest BCUT2D eigenvalue weighted by Crippen LogP contribution is 2.32. The Hall–Kier alpha value is -1.80. The monoisotopic (exact) mass is 400 g/mol. The second kappa shape index (κ2) is 8.69. The molecule has 0 radical (unpaired) electrons. The summed E-state index contributed by atoms with van der Waals surface area (Å²) in [7, 11) is 2.03. The van der Waals surface area contributed by atoms with Gasteiger partial charge in [0.1, 0.15) is 0 Å². The van der Waals surface area contributed by atoms with Gasteiger partial charge in [0, 0.05) is 49.4 Å². The van der Waals surface area contributed by atoms with Gasteiger partial charge in [-0.25, -0.2) is 4.98 Å².